The number of nitrogens with one attached hydrogen (secondary N) is 1. The maximum Gasteiger partial charge on any atom is 0.307 e. The van der Waals surface area contributed by atoms with Gasteiger partial charge in [-0.05, 0) is 25.2 Å². The molecule has 0 atom stereocenters. The van der Waals surface area contributed by atoms with E-state index in [4.69, 9.17) is 4.42 Å². The lowest BCUT2D eigenvalue weighted by atomic mass is 10.4. The van der Waals surface area contributed by atoms with Crippen LogP contribution in [0.2, 0.25) is 0 Å². The van der Waals surface area contributed by atoms with Gasteiger partial charge in [0.2, 0.25) is 0 Å². The van der Waals surface area contributed by atoms with Crippen molar-refractivity contribution in [2.24, 2.45) is 5.92 Å². The molecule has 2 aliphatic rings. The van der Waals surface area contributed by atoms with Gasteiger partial charge < -0.3 is 9.73 Å². The number of oxazole rings is 1. The lowest BCUT2D eigenvalue weighted by molar-refractivity contribution is 0.0914. The number of carbonyl (C=O) groups excluding carboxylic acids is 1. The van der Waals surface area contributed by atoms with Gasteiger partial charge in [-0.1, -0.05) is 6.92 Å². The average Bonchev–Trinajstić information content (AvgIpc) is 2.94. The maximum atomic E-state index is 11.7. The third kappa shape index (κ3) is 2.41. The highest BCUT2D eigenvalue weighted by molar-refractivity contribution is 5.89. The number of aromatic nitrogens is 1. The Morgan fingerprint density at radius 3 is 3.00 bits per heavy atom. The maximum absolute atomic E-state index is 11.7. The summed E-state index contributed by atoms with van der Waals surface area (Å²) < 4.78 is 5.55. The minimum absolute atomic E-state index is 0.194. The van der Waals surface area contributed by atoms with E-state index in [1.54, 1.807) is 0 Å². The van der Waals surface area contributed by atoms with Gasteiger partial charge in [0.25, 0.3) is 5.89 Å². The first kappa shape index (κ1) is 11.7. The number of nitrogens with zero attached hydrogens (tertiary/aromatic N) is 2. The van der Waals surface area contributed by atoms with E-state index in [0.29, 0.717) is 6.54 Å². The van der Waals surface area contributed by atoms with E-state index in [9.17, 15) is 4.79 Å². The molecule has 1 aromatic heterocycles. The first-order valence-corrected chi connectivity index (χ1v) is 6.75. The quantitative estimate of drug-likeness (QED) is 0.860. The fourth-order valence-electron chi connectivity index (χ4n) is 2.31. The van der Waals surface area contributed by atoms with Gasteiger partial charge in [-0.25, -0.2) is 4.98 Å². The fourth-order valence-corrected chi connectivity index (χ4v) is 2.31. The molecule has 1 N–H and O–H groups in total. The molecule has 0 bridgehead atoms. The van der Waals surface area contributed by atoms with Crippen LogP contribution in [0.4, 0.5) is 0 Å². The second-order valence-corrected chi connectivity index (χ2v) is 5.26. The van der Waals surface area contributed by atoms with Crippen LogP contribution in [0.25, 0.3) is 0 Å². The smallest absolute Gasteiger partial charge is 0.307 e. The van der Waals surface area contributed by atoms with Crippen molar-refractivity contribution in [3.8, 4) is 0 Å². The van der Waals surface area contributed by atoms with E-state index in [1.807, 2.05) is 6.92 Å². The second kappa shape index (κ2) is 4.72. The Hall–Kier alpha value is -1.36. The molecule has 2 heterocycles. The highest BCUT2D eigenvalue weighted by Gasteiger charge is 2.31. The summed E-state index contributed by atoms with van der Waals surface area (Å²) in [5.41, 5.74) is 0.942. The predicted octanol–water partition coefficient (Wildman–Crippen LogP) is 1.54. The molecule has 1 aliphatic carbocycles. The van der Waals surface area contributed by atoms with E-state index in [1.165, 1.54) is 12.8 Å². The minimum atomic E-state index is -0.194. The molecule has 0 radical (unpaired) electrons. The molecular weight excluding hydrogens is 230 g/mol. The monoisotopic (exact) mass is 249 g/mol. The van der Waals surface area contributed by atoms with Crippen LogP contribution >= 0.6 is 0 Å². The van der Waals surface area contributed by atoms with Crippen molar-refractivity contribution in [1.82, 2.24) is 15.2 Å². The van der Waals surface area contributed by atoms with Gasteiger partial charge >= 0.3 is 5.91 Å². The molecule has 5 heteroatoms. The van der Waals surface area contributed by atoms with E-state index in [2.05, 4.69) is 15.2 Å². The molecule has 1 aliphatic heterocycles. The molecule has 1 amide bonds. The van der Waals surface area contributed by atoms with Crippen LogP contribution in [0.3, 0.4) is 0 Å². The number of hydrogen-bond donors (Lipinski definition) is 1. The van der Waals surface area contributed by atoms with Gasteiger partial charge in [0, 0.05) is 19.6 Å². The first-order valence-electron chi connectivity index (χ1n) is 6.75. The van der Waals surface area contributed by atoms with Crippen molar-refractivity contribution in [2.75, 3.05) is 13.1 Å². The molecule has 98 valence electrons. The number of fused-ring (bicyclic) bond motifs is 1. The minimum Gasteiger partial charge on any atom is -0.436 e. The zero-order valence-corrected chi connectivity index (χ0v) is 10.7. The second-order valence-electron chi connectivity index (χ2n) is 5.26. The van der Waals surface area contributed by atoms with E-state index in [0.717, 1.165) is 43.4 Å². The number of rotatable bonds is 5. The molecule has 1 saturated carbocycles. The molecule has 0 aromatic carbocycles. The Morgan fingerprint density at radius 1 is 1.50 bits per heavy atom. The van der Waals surface area contributed by atoms with Crippen molar-refractivity contribution >= 4 is 5.91 Å². The molecule has 0 saturated heterocycles. The number of amides is 1. The van der Waals surface area contributed by atoms with E-state index in [-0.39, 0.29) is 11.8 Å². The zero-order chi connectivity index (χ0) is 12.5. The standard InChI is InChI=1S/C13H19N3O2/c1-2-5-14-12(17)13-15-10-7-16(6-9-3-4-9)8-11(10)18-13/h9H,2-8H2,1H3,(H,14,17). The lowest BCUT2D eigenvalue weighted by Gasteiger charge is -2.12. The third-order valence-corrected chi connectivity index (χ3v) is 3.46. The van der Waals surface area contributed by atoms with Gasteiger partial charge in [-0.2, -0.15) is 0 Å². The predicted molar refractivity (Wildman–Crippen MR) is 66.0 cm³/mol. The van der Waals surface area contributed by atoms with Crippen molar-refractivity contribution in [3.63, 3.8) is 0 Å². The Balaban J connectivity index is 1.60. The topological polar surface area (TPSA) is 58.4 Å². The molecule has 18 heavy (non-hydrogen) atoms. The van der Waals surface area contributed by atoms with Crippen LogP contribution in [0.1, 0.15) is 48.3 Å². The summed E-state index contributed by atoms with van der Waals surface area (Å²) in [5, 5.41) is 2.78. The Morgan fingerprint density at radius 2 is 2.33 bits per heavy atom. The van der Waals surface area contributed by atoms with Gasteiger partial charge in [0.05, 0.1) is 12.2 Å². The summed E-state index contributed by atoms with van der Waals surface area (Å²) >= 11 is 0. The van der Waals surface area contributed by atoms with Crippen molar-refractivity contribution in [2.45, 2.75) is 39.3 Å². The van der Waals surface area contributed by atoms with Crippen LogP contribution in [0.5, 0.6) is 0 Å². The van der Waals surface area contributed by atoms with Crippen LogP contribution in [-0.2, 0) is 13.1 Å². The van der Waals surface area contributed by atoms with Crippen LogP contribution in [-0.4, -0.2) is 28.9 Å². The zero-order valence-electron chi connectivity index (χ0n) is 10.7. The van der Waals surface area contributed by atoms with Crippen LogP contribution in [0.15, 0.2) is 4.42 Å². The Labute approximate surface area is 107 Å². The van der Waals surface area contributed by atoms with Crippen molar-refractivity contribution in [3.05, 3.63) is 17.3 Å². The van der Waals surface area contributed by atoms with Crippen LogP contribution in [0, 0.1) is 5.92 Å². The largest absolute Gasteiger partial charge is 0.436 e. The van der Waals surface area contributed by atoms with Crippen molar-refractivity contribution in [1.29, 1.82) is 0 Å². The lowest BCUT2D eigenvalue weighted by Crippen LogP contribution is -2.25. The highest BCUT2D eigenvalue weighted by atomic mass is 16.4. The molecule has 1 aromatic rings. The molecule has 0 unspecified atom stereocenters. The summed E-state index contributed by atoms with van der Waals surface area (Å²) in [6.45, 7) is 5.46. The Bertz CT molecular complexity index is 428. The van der Waals surface area contributed by atoms with Gasteiger partial charge in [-0.3, -0.25) is 9.69 Å². The van der Waals surface area contributed by atoms with Gasteiger partial charge in [-0.15, -0.1) is 0 Å². The highest BCUT2D eigenvalue weighted by Crippen LogP contribution is 2.33. The third-order valence-electron chi connectivity index (χ3n) is 3.46. The first-order chi connectivity index (χ1) is 8.76. The van der Waals surface area contributed by atoms with Crippen LogP contribution < -0.4 is 5.32 Å². The summed E-state index contributed by atoms with van der Waals surface area (Å²) in [5.74, 6) is 1.78. The normalized spacial score (nSPS) is 18.9. The van der Waals surface area contributed by atoms with Gasteiger partial charge in [0.15, 0.2) is 0 Å². The SMILES string of the molecule is CCCNC(=O)c1nc2c(o1)CN(CC1CC1)C2. The summed E-state index contributed by atoms with van der Waals surface area (Å²) in [6, 6.07) is 0. The molecule has 5 nitrogen and oxygen atoms in total. The molecule has 0 spiro atoms. The average molecular weight is 249 g/mol. The van der Waals surface area contributed by atoms with E-state index < -0.39 is 0 Å². The number of carbonyl (C=O) groups is 1. The summed E-state index contributed by atoms with van der Waals surface area (Å²) in [4.78, 5) is 18.4. The summed E-state index contributed by atoms with van der Waals surface area (Å²) in [6.07, 6.45) is 3.63. The van der Waals surface area contributed by atoms with Gasteiger partial charge in [0.1, 0.15) is 5.76 Å². The van der Waals surface area contributed by atoms with Crippen molar-refractivity contribution < 1.29 is 9.21 Å². The number of hydrogen-bond acceptors (Lipinski definition) is 4. The van der Waals surface area contributed by atoms with E-state index >= 15 is 0 Å². The fraction of sp³-hybridized carbons (Fsp3) is 0.692. The Kier molecular flexibility index (Phi) is 3.07. The summed E-state index contributed by atoms with van der Waals surface area (Å²) in [7, 11) is 0. The molecule has 1 fully saturated rings. The molecular formula is C13H19N3O2. The molecule has 3 rings (SSSR count).